The highest BCUT2D eigenvalue weighted by Crippen LogP contribution is 2.20. The monoisotopic (exact) mass is 232 g/mol. The minimum Gasteiger partial charge on any atom is -0.337 e. The van der Waals surface area contributed by atoms with Crippen molar-refractivity contribution in [3.05, 3.63) is 46.9 Å². The van der Waals surface area contributed by atoms with Crippen molar-refractivity contribution < 1.29 is 4.79 Å². The first-order valence-corrected chi connectivity index (χ1v) is 5.72. The summed E-state index contributed by atoms with van der Waals surface area (Å²) >= 11 is 0. The molecular weight excluding hydrogens is 216 g/mol. The fourth-order valence-corrected chi connectivity index (χ4v) is 2.20. The highest BCUT2D eigenvalue weighted by atomic mass is 16.2. The molecule has 1 aliphatic heterocycles. The number of likely N-dealkylation sites (tertiary alicyclic amines) is 1. The first-order chi connectivity index (χ1) is 8.11. The molecule has 4 nitrogen and oxygen atoms in total. The number of rotatable bonds is 2. The van der Waals surface area contributed by atoms with Gasteiger partial charge in [-0.25, -0.2) is 0 Å². The lowest BCUT2D eigenvalue weighted by Crippen LogP contribution is -2.29. The number of aryl methyl sites for hydroxylation is 1. The van der Waals surface area contributed by atoms with E-state index in [2.05, 4.69) is 6.58 Å². The van der Waals surface area contributed by atoms with Crippen LogP contribution in [-0.4, -0.2) is 28.5 Å². The maximum absolute atomic E-state index is 11.7. The summed E-state index contributed by atoms with van der Waals surface area (Å²) in [6.45, 7) is 6.71. The molecule has 0 aromatic carbocycles. The summed E-state index contributed by atoms with van der Waals surface area (Å²) in [6.07, 6.45) is 4.00. The van der Waals surface area contributed by atoms with Crippen LogP contribution in [0.1, 0.15) is 18.0 Å². The van der Waals surface area contributed by atoms with Crippen molar-refractivity contribution in [2.45, 2.75) is 19.4 Å². The third kappa shape index (κ3) is 2.30. The van der Waals surface area contributed by atoms with E-state index in [1.165, 1.54) is 6.08 Å². The van der Waals surface area contributed by atoms with Gasteiger partial charge in [0.1, 0.15) is 0 Å². The van der Waals surface area contributed by atoms with Crippen LogP contribution in [-0.2, 0) is 4.79 Å². The Kier molecular flexibility index (Phi) is 3.13. The van der Waals surface area contributed by atoms with Gasteiger partial charge in [0.2, 0.25) is 5.91 Å². The van der Waals surface area contributed by atoms with Crippen LogP contribution < -0.4 is 5.56 Å². The van der Waals surface area contributed by atoms with Crippen molar-refractivity contribution in [2.75, 3.05) is 13.1 Å². The average Bonchev–Trinajstić information content (AvgIpc) is 2.80. The predicted molar refractivity (Wildman–Crippen MR) is 65.9 cm³/mol. The SMILES string of the molecule is C=CC(=O)N1CC[C@H](n2cc(C)ccc2=O)C1. The minimum absolute atomic E-state index is 0.00602. The van der Waals surface area contributed by atoms with Gasteiger partial charge in [0, 0.05) is 25.4 Å². The van der Waals surface area contributed by atoms with Gasteiger partial charge in [0.25, 0.3) is 5.56 Å². The first-order valence-electron chi connectivity index (χ1n) is 5.72. The molecule has 1 fully saturated rings. The molecule has 1 atom stereocenters. The zero-order valence-corrected chi connectivity index (χ0v) is 9.93. The van der Waals surface area contributed by atoms with Crippen molar-refractivity contribution >= 4 is 5.91 Å². The summed E-state index contributed by atoms with van der Waals surface area (Å²) in [7, 11) is 0. The third-order valence-corrected chi connectivity index (χ3v) is 3.13. The van der Waals surface area contributed by atoms with Gasteiger partial charge in [0.05, 0.1) is 6.04 Å². The molecule has 2 heterocycles. The Balaban J connectivity index is 2.20. The van der Waals surface area contributed by atoms with E-state index in [0.717, 1.165) is 12.0 Å². The quantitative estimate of drug-likeness (QED) is 0.717. The number of carbonyl (C=O) groups is 1. The zero-order valence-electron chi connectivity index (χ0n) is 9.93. The molecule has 1 aromatic heterocycles. The second-order valence-corrected chi connectivity index (χ2v) is 4.38. The number of carbonyl (C=O) groups excluding carboxylic acids is 1. The molecule has 17 heavy (non-hydrogen) atoms. The van der Waals surface area contributed by atoms with Gasteiger partial charge in [-0.3, -0.25) is 9.59 Å². The first kappa shape index (κ1) is 11.6. The van der Waals surface area contributed by atoms with Crippen molar-refractivity contribution in [1.29, 1.82) is 0 Å². The third-order valence-electron chi connectivity index (χ3n) is 3.13. The number of pyridine rings is 1. The molecule has 1 aliphatic rings. The largest absolute Gasteiger partial charge is 0.337 e. The number of amides is 1. The van der Waals surface area contributed by atoms with E-state index in [9.17, 15) is 9.59 Å². The van der Waals surface area contributed by atoms with Crippen LogP contribution in [0.15, 0.2) is 35.8 Å². The summed E-state index contributed by atoms with van der Waals surface area (Å²) in [5.41, 5.74) is 1.05. The van der Waals surface area contributed by atoms with Gasteiger partial charge >= 0.3 is 0 Å². The number of hydrogen-bond donors (Lipinski definition) is 0. The van der Waals surface area contributed by atoms with E-state index in [-0.39, 0.29) is 17.5 Å². The maximum Gasteiger partial charge on any atom is 0.250 e. The van der Waals surface area contributed by atoms with Crippen molar-refractivity contribution in [3.63, 3.8) is 0 Å². The molecule has 0 bridgehead atoms. The van der Waals surface area contributed by atoms with Gasteiger partial charge in [-0.15, -0.1) is 0 Å². The summed E-state index contributed by atoms with van der Waals surface area (Å²) in [4.78, 5) is 24.9. The zero-order chi connectivity index (χ0) is 12.4. The Hall–Kier alpha value is -1.84. The Bertz CT molecular complexity index is 504. The van der Waals surface area contributed by atoms with E-state index >= 15 is 0 Å². The summed E-state index contributed by atoms with van der Waals surface area (Å²) in [5, 5.41) is 0. The summed E-state index contributed by atoms with van der Waals surface area (Å²) < 4.78 is 1.73. The predicted octanol–water partition coefficient (Wildman–Crippen LogP) is 1.12. The van der Waals surface area contributed by atoms with Crippen LogP contribution in [0.3, 0.4) is 0 Å². The molecule has 0 spiro atoms. The van der Waals surface area contributed by atoms with E-state index in [1.54, 1.807) is 21.6 Å². The molecule has 1 amide bonds. The van der Waals surface area contributed by atoms with Crippen LogP contribution in [0.2, 0.25) is 0 Å². The molecule has 0 unspecified atom stereocenters. The molecule has 1 saturated heterocycles. The Labute approximate surface area is 100 Å². The van der Waals surface area contributed by atoms with E-state index in [1.807, 2.05) is 13.1 Å². The lowest BCUT2D eigenvalue weighted by Gasteiger charge is -2.16. The smallest absolute Gasteiger partial charge is 0.250 e. The number of aromatic nitrogens is 1. The van der Waals surface area contributed by atoms with E-state index < -0.39 is 0 Å². The van der Waals surface area contributed by atoms with Crippen molar-refractivity contribution in [3.8, 4) is 0 Å². The lowest BCUT2D eigenvalue weighted by atomic mass is 10.2. The normalized spacial score (nSPS) is 19.4. The molecule has 0 aliphatic carbocycles. The van der Waals surface area contributed by atoms with Crippen LogP contribution in [0.4, 0.5) is 0 Å². The number of nitrogens with zero attached hydrogens (tertiary/aromatic N) is 2. The molecule has 0 N–H and O–H groups in total. The fourth-order valence-electron chi connectivity index (χ4n) is 2.20. The van der Waals surface area contributed by atoms with Gasteiger partial charge < -0.3 is 9.47 Å². The van der Waals surface area contributed by atoms with Crippen LogP contribution in [0, 0.1) is 6.92 Å². The minimum atomic E-state index is -0.0618. The molecule has 0 saturated carbocycles. The molecule has 0 radical (unpaired) electrons. The van der Waals surface area contributed by atoms with Gasteiger partial charge in [-0.2, -0.15) is 0 Å². The lowest BCUT2D eigenvalue weighted by molar-refractivity contribution is -0.125. The highest BCUT2D eigenvalue weighted by molar-refractivity contribution is 5.87. The van der Waals surface area contributed by atoms with E-state index in [4.69, 9.17) is 0 Å². The fraction of sp³-hybridized carbons (Fsp3) is 0.385. The Morgan fingerprint density at radius 2 is 2.29 bits per heavy atom. The molecule has 4 heteroatoms. The Morgan fingerprint density at radius 1 is 1.53 bits per heavy atom. The Morgan fingerprint density at radius 3 is 3.00 bits per heavy atom. The topological polar surface area (TPSA) is 42.3 Å². The van der Waals surface area contributed by atoms with Gasteiger partial charge in [-0.1, -0.05) is 12.6 Å². The number of hydrogen-bond acceptors (Lipinski definition) is 2. The molecular formula is C13H16N2O2. The summed E-state index contributed by atoms with van der Waals surface area (Å²) in [5.74, 6) is -0.0618. The molecule has 2 rings (SSSR count). The summed E-state index contributed by atoms with van der Waals surface area (Å²) in [6, 6.07) is 3.47. The van der Waals surface area contributed by atoms with E-state index in [0.29, 0.717) is 13.1 Å². The van der Waals surface area contributed by atoms with Crippen molar-refractivity contribution in [1.82, 2.24) is 9.47 Å². The second kappa shape index (κ2) is 4.57. The molecule has 1 aromatic rings. The van der Waals surface area contributed by atoms with Gasteiger partial charge in [0.15, 0.2) is 0 Å². The van der Waals surface area contributed by atoms with Crippen LogP contribution >= 0.6 is 0 Å². The average molecular weight is 232 g/mol. The van der Waals surface area contributed by atoms with Crippen LogP contribution in [0.5, 0.6) is 0 Å². The van der Waals surface area contributed by atoms with Crippen LogP contribution in [0.25, 0.3) is 0 Å². The highest BCUT2D eigenvalue weighted by Gasteiger charge is 2.26. The second-order valence-electron chi connectivity index (χ2n) is 4.38. The van der Waals surface area contributed by atoms with Crippen molar-refractivity contribution in [2.24, 2.45) is 0 Å². The van der Waals surface area contributed by atoms with Gasteiger partial charge in [-0.05, 0) is 25.0 Å². The molecule has 90 valence electrons. The maximum atomic E-state index is 11.7. The standard InChI is InChI=1S/C13H16N2O2/c1-3-12(16)14-7-6-11(9-14)15-8-10(2)4-5-13(15)17/h3-5,8,11H,1,6-7,9H2,2H3/t11-/m0/s1.